The Bertz CT molecular complexity index is 664. The van der Waals surface area contributed by atoms with Crippen LogP contribution in [0.4, 0.5) is 0 Å². The van der Waals surface area contributed by atoms with Crippen LogP contribution in [0.3, 0.4) is 0 Å². The van der Waals surface area contributed by atoms with Crippen molar-refractivity contribution < 1.29 is 4.79 Å². The van der Waals surface area contributed by atoms with Crippen LogP contribution in [0.5, 0.6) is 0 Å². The van der Waals surface area contributed by atoms with Crippen molar-refractivity contribution in [1.29, 1.82) is 0 Å². The van der Waals surface area contributed by atoms with Gasteiger partial charge in [0.25, 0.3) is 5.91 Å². The molecule has 1 heterocycles. The Morgan fingerprint density at radius 1 is 1.18 bits per heavy atom. The standard InChI is InChI=1S/C22H35N5O/c1-4-23-22(25-19-13-14-27(16-19)20-7-5-6-8-20)24-15-17-9-11-18(12-10-17)21(28)26(2)3/h9-12,19-20H,4-8,13-16H2,1-3H3,(H2,23,24,25). The predicted octanol–water partition coefficient (Wildman–Crippen LogP) is 2.46. The highest BCUT2D eigenvalue weighted by Gasteiger charge is 2.30. The maximum atomic E-state index is 12.0. The summed E-state index contributed by atoms with van der Waals surface area (Å²) in [6, 6.07) is 9.00. The number of nitrogens with one attached hydrogen (secondary N) is 2. The molecule has 28 heavy (non-hydrogen) atoms. The molecule has 0 spiro atoms. The molecule has 1 aromatic carbocycles. The Balaban J connectivity index is 1.54. The minimum absolute atomic E-state index is 0.0260. The summed E-state index contributed by atoms with van der Waals surface area (Å²) in [5.74, 6) is 0.910. The lowest BCUT2D eigenvalue weighted by Gasteiger charge is -2.24. The van der Waals surface area contributed by atoms with Gasteiger partial charge in [0.15, 0.2) is 5.96 Å². The molecular weight excluding hydrogens is 350 g/mol. The van der Waals surface area contributed by atoms with E-state index in [2.05, 4.69) is 22.5 Å². The summed E-state index contributed by atoms with van der Waals surface area (Å²) in [5, 5.41) is 6.99. The van der Waals surface area contributed by atoms with Gasteiger partial charge < -0.3 is 15.5 Å². The Kier molecular flexibility index (Phi) is 7.31. The first kappa shape index (κ1) is 20.6. The molecule has 1 saturated carbocycles. The molecule has 1 aromatic rings. The first-order valence-electron chi connectivity index (χ1n) is 10.7. The number of hydrogen-bond donors (Lipinski definition) is 2. The summed E-state index contributed by atoms with van der Waals surface area (Å²) in [5.41, 5.74) is 1.81. The van der Waals surface area contributed by atoms with Crippen LogP contribution >= 0.6 is 0 Å². The van der Waals surface area contributed by atoms with Crippen LogP contribution in [0.1, 0.15) is 54.9 Å². The van der Waals surface area contributed by atoms with Crippen LogP contribution < -0.4 is 10.6 Å². The second kappa shape index (κ2) is 9.92. The fourth-order valence-electron chi connectivity index (χ4n) is 4.20. The Morgan fingerprint density at radius 2 is 1.89 bits per heavy atom. The number of benzene rings is 1. The first-order chi connectivity index (χ1) is 13.6. The summed E-state index contributed by atoms with van der Waals surface area (Å²) >= 11 is 0. The molecule has 6 heteroatoms. The average Bonchev–Trinajstić information content (AvgIpc) is 3.38. The van der Waals surface area contributed by atoms with E-state index in [1.165, 1.54) is 38.6 Å². The van der Waals surface area contributed by atoms with E-state index < -0.39 is 0 Å². The molecule has 1 aliphatic carbocycles. The summed E-state index contributed by atoms with van der Waals surface area (Å²) < 4.78 is 0. The third kappa shape index (κ3) is 5.47. The van der Waals surface area contributed by atoms with Crippen LogP contribution in [0, 0.1) is 0 Å². The average molecular weight is 386 g/mol. The quantitative estimate of drug-likeness (QED) is 0.583. The minimum Gasteiger partial charge on any atom is -0.357 e. The van der Waals surface area contributed by atoms with E-state index in [1.807, 2.05) is 24.3 Å². The van der Waals surface area contributed by atoms with Gasteiger partial charge in [0.05, 0.1) is 6.54 Å². The Labute approximate surface area is 169 Å². The van der Waals surface area contributed by atoms with Gasteiger partial charge in [-0.25, -0.2) is 4.99 Å². The van der Waals surface area contributed by atoms with Gasteiger partial charge in [-0.05, 0) is 43.9 Å². The number of nitrogens with zero attached hydrogens (tertiary/aromatic N) is 3. The molecule has 1 atom stereocenters. The molecule has 2 fully saturated rings. The van der Waals surface area contributed by atoms with E-state index in [1.54, 1.807) is 19.0 Å². The minimum atomic E-state index is 0.0260. The van der Waals surface area contributed by atoms with Crippen molar-refractivity contribution in [3.05, 3.63) is 35.4 Å². The zero-order valence-electron chi connectivity index (χ0n) is 17.6. The predicted molar refractivity (Wildman–Crippen MR) is 115 cm³/mol. The molecule has 0 radical (unpaired) electrons. The van der Waals surface area contributed by atoms with Gasteiger partial charge >= 0.3 is 0 Å². The highest BCUT2D eigenvalue weighted by atomic mass is 16.2. The van der Waals surface area contributed by atoms with Gasteiger partial charge in [-0.2, -0.15) is 0 Å². The molecule has 6 nitrogen and oxygen atoms in total. The number of hydrogen-bond acceptors (Lipinski definition) is 3. The topological polar surface area (TPSA) is 60.0 Å². The smallest absolute Gasteiger partial charge is 0.253 e. The van der Waals surface area contributed by atoms with E-state index in [4.69, 9.17) is 4.99 Å². The number of aliphatic imine (C=N–C) groups is 1. The zero-order valence-corrected chi connectivity index (χ0v) is 17.6. The normalized spacial score (nSPS) is 21.1. The maximum Gasteiger partial charge on any atom is 0.253 e. The number of guanidine groups is 1. The lowest BCUT2D eigenvalue weighted by atomic mass is 10.1. The van der Waals surface area contributed by atoms with Gasteiger partial charge in [-0.15, -0.1) is 0 Å². The van der Waals surface area contributed by atoms with Crippen molar-refractivity contribution in [1.82, 2.24) is 20.4 Å². The zero-order chi connectivity index (χ0) is 19.9. The summed E-state index contributed by atoms with van der Waals surface area (Å²) in [6.45, 7) is 5.86. The van der Waals surface area contributed by atoms with E-state index in [0.717, 1.165) is 30.7 Å². The van der Waals surface area contributed by atoms with E-state index in [0.29, 0.717) is 18.2 Å². The molecule has 3 rings (SSSR count). The number of rotatable bonds is 6. The van der Waals surface area contributed by atoms with Crippen molar-refractivity contribution in [2.24, 2.45) is 4.99 Å². The second-order valence-corrected chi connectivity index (χ2v) is 8.15. The summed E-state index contributed by atoms with van der Waals surface area (Å²) in [6.07, 6.45) is 6.70. The van der Waals surface area contributed by atoms with E-state index in [9.17, 15) is 4.79 Å². The molecule has 1 amide bonds. The third-order valence-corrected chi connectivity index (χ3v) is 5.77. The highest BCUT2D eigenvalue weighted by Crippen LogP contribution is 2.26. The fraction of sp³-hybridized carbons (Fsp3) is 0.636. The monoisotopic (exact) mass is 385 g/mol. The number of carbonyl (C=O) groups excluding carboxylic acids is 1. The first-order valence-corrected chi connectivity index (χ1v) is 10.7. The molecule has 0 bridgehead atoms. The third-order valence-electron chi connectivity index (χ3n) is 5.77. The van der Waals surface area contributed by atoms with Crippen molar-refractivity contribution in [2.75, 3.05) is 33.7 Å². The highest BCUT2D eigenvalue weighted by molar-refractivity contribution is 5.93. The molecule has 1 aliphatic heterocycles. The van der Waals surface area contributed by atoms with Crippen LogP contribution in [0.2, 0.25) is 0 Å². The number of carbonyl (C=O) groups is 1. The largest absolute Gasteiger partial charge is 0.357 e. The molecule has 2 N–H and O–H groups in total. The second-order valence-electron chi connectivity index (χ2n) is 8.15. The molecule has 1 unspecified atom stereocenters. The lowest BCUT2D eigenvalue weighted by molar-refractivity contribution is 0.0827. The molecule has 2 aliphatic rings. The van der Waals surface area contributed by atoms with Crippen molar-refractivity contribution in [2.45, 2.75) is 57.7 Å². The lowest BCUT2D eigenvalue weighted by Crippen LogP contribution is -2.45. The molecule has 154 valence electrons. The maximum absolute atomic E-state index is 12.0. The van der Waals surface area contributed by atoms with E-state index >= 15 is 0 Å². The number of amides is 1. The summed E-state index contributed by atoms with van der Waals surface area (Å²) in [7, 11) is 3.54. The van der Waals surface area contributed by atoms with Gasteiger partial charge in [0, 0.05) is 51.4 Å². The van der Waals surface area contributed by atoms with Crippen LogP contribution in [0.15, 0.2) is 29.3 Å². The fourth-order valence-corrected chi connectivity index (χ4v) is 4.20. The van der Waals surface area contributed by atoms with Crippen LogP contribution in [-0.4, -0.2) is 67.5 Å². The van der Waals surface area contributed by atoms with Crippen molar-refractivity contribution in [3.63, 3.8) is 0 Å². The van der Waals surface area contributed by atoms with Gasteiger partial charge in [0.1, 0.15) is 0 Å². The van der Waals surface area contributed by atoms with Crippen LogP contribution in [0.25, 0.3) is 0 Å². The van der Waals surface area contributed by atoms with Crippen LogP contribution in [-0.2, 0) is 6.54 Å². The Hall–Kier alpha value is -2.08. The molecular formula is C22H35N5O. The van der Waals surface area contributed by atoms with Gasteiger partial charge in [-0.1, -0.05) is 25.0 Å². The Morgan fingerprint density at radius 3 is 2.54 bits per heavy atom. The van der Waals surface area contributed by atoms with Gasteiger partial charge in [0.2, 0.25) is 0 Å². The number of likely N-dealkylation sites (tertiary alicyclic amines) is 1. The van der Waals surface area contributed by atoms with E-state index in [-0.39, 0.29) is 5.91 Å². The molecule has 0 aromatic heterocycles. The van der Waals surface area contributed by atoms with Gasteiger partial charge in [-0.3, -0.25) is 9.69 Å². The SMILES string of the molecule is CCNC(=NCc1ccc(C(=O)N(C)C)cc1)NC1CCN(C2CCCC2)C1. The van der Waals surface area contributed by atoms with Crippen molar-refractivity contribution in [3.8, 4) is 0 Å². The van der Waals surface area contributed by atoms with Crippen molar-refractivity contribution >= 4 is 11.9 Å². The molecule has 1 saturated heterocycles. The summed E-state index contributed by atoms with van der Waals surface area (Å²) in [4.78, 5) is 21.0.